The average molecular weight is 483 g/mol. The maximum absolute atomic E-state index is 13.1. The molecule has 180 valence electrons. The van der Waals surface area contributed by atoms with Crippen LogP contribution in [-0.2, 0) is 24.0 Å². The van der Waals surface area contributed by atoms with Crippen molar-refractivity contribution in [2.45, 2.75) is 45.4 Å². The van der Waals surface area contributed by atoms with Gasteiger partial charge in [0.05, 0.1) is 11.3 Å². The molecule has 2 aromatic heterocycles. The smallest absolute Gasteiger partial charge is 0.274 e. The fraction of sp³-hybridized carbons (Fsp3) is 0.400. The highest BCUT2D eigenvalue weighted by molar-refractivity contribution is 7.17. The van der Waals surface area contributed by atoms with Gasteiger partial charge in [0.2, 0.25) is 0 Å². The number of fused-ring (bicyclic) bond motifs is 1. The highest BCUT2D eigenvalue weighted by Crippen LogP contribution is 2.38. The molecule has 1 aliphatic rings. The van der Waals surface area contributed by atoms with Crippen molar-refractivity contribution in [3.05, 3.63) is 51.5 Å². The van der Waals surface area contributed by atoms with Crippen LogP contribution in [0.3, 0.4) is 0 Å². The Morgan fingerprint density at radius 2 is 2.03 bits per heavy atom. The topological polar surface area (TPSA) is 116 Å². The van der Waals surface area contributed by atoms with E-state index in [4.69, 9.17) is 4.74 Å². The van der Waals surface area contributed by atoms with Crippen LogP contribution in [0.15, 0.2) is 24.3 Å². The van der Waals surface area contributed by atoms with E-state index in [0.29, 0.717) is 35.0 Å². The lowest BCUT2D eigenvalue weighted by atomic mass is 9.95. The monoisotopic (exact) mass is 482 g/mol. The number of aromatic hydroxyl groups is 1. The summed E-state index contributed by atoms with van der Waals surface area (Å²) in [6, 6.07) is 6.98. The van der Waals surface area contributed by atoms with Crippen molar-refractivity contribution in [1.29, 1.82) is 0 Å². The number of amides is 2. The molecular weight excluding hydrogens is 452 g/mol. The molecule has 0 atom stereocenters. The molecule has 34 heavy (non-hydrogen) atoms. The van der Waals surface area contributed by atoms with Crippen molar-refractivity contribution >= 4 is 28.2 Å². The van der Waals surface area contributed by atoms with Gasteiger partial charge in [0.15, 0.2) is 0 Å². The number of carbonyl (C=O) groups is 2. The van der Waals surface area contributed by atoms with Crippen LogP contribution < -0.4 is 10.6 Å². The minimum Gasteiger partial charge on any atom is -0.507 e. The number of phenols is 1. The number of carbonyl (C=O) groups excluding carboxylic acids is 2. The quantitative estimate of drug-likeness (QED) is 0.339. The highest BCUT2D eigenvalue weighted by atomic mass is 32.1. The van der Waals surface area contributed by atoms with Gasteiger partial charge < -0.3 is 20.5 Å². The van der Waals surface area contributed by atoms with Gasteiger partial charge in [-0.1, -0.05) is 13.0 Å². The third kappa shape index (κ3) is 5.15. The predicted octanol–water partition coefficient (Wildman–Crippen LogP) is 4.30. The van der Waals surface area contributed by atoms with Gasteiger partial charge in [-0.25, -0.2) is 0 Å². The number of aryl methyl sites for hydroxylation is 2. The van der Waals surface area contributed by atoms with Crippen molar-refractivity contribution in [2.75, 3.05) is 25.6 Å². The summed E-state index contributed by atoms with van der Waals surface area (Å²) in [4.78, 5) is 27.3. The molecule has 0 radical (unpaired) electrons. The molecule has 0 unspecified atom stereocenters. The number of ether oxygens (including phenoxy) is 1. The number of hydrogen-bond donors (Lipinski definition) is 4. The van der Waals surface area contributed by atoms with Gasteiger partial charge in [0, 0.05) is 30.7 Å². The van der Waals surface area contributed by atoms with E-state index >= 15 is 0 Å². The van der Waals surface area contributed by atoms with E-state index in [0.717, 1.165) is 54.5 Å². The number of phenolic OH excluding ortho intramolecular Hbond substituents is 1. The zero-order valence-electron chi connectivity index (χ0n) is 19.5. The van der Waals surface area contributed by atoms with E-state index in [1.165, 1.54) is 11.3 Å². The summed E-state index contributed by atoms with van der Waals surface area (Å²) in [6.45, 7) is 3.12. The highest BCUT2D eigenvalue weighted by Gasteiger charge is 2.27. The summed E-state index contributed by atoms with van der Waals surface area (Å²) in [5.41, 5.74) is 3.99. The second-order valence-electron chi connectivity index (χ2n) is 8.34. The number of aromatic amines is 1. The molecule has 9 heteroatoms. The zero-order chi connectivity index (χ0) is 24.1. The molecule has 2 heterocycles. The SMILES string of the molecule is CCc1ccc(O)c(-c2cc(C(=O)Nc3sc4c(c3C(=O)NCCCOC)CCCC4)[nH]n2)c1. The lowest BCUT2D eigenvalue weighted by Crippen LogP contribution is -2.27. The number of nitrogens with one attached hydrogen (secondary N) is 3. The molecule has 0 saturated carbocycles. The van der Waals surface area contributed by atoms with Gasteiger partial charge in [-0.15, -0.1) is 11.3 Å². The Hall–Kier alpha value is -3.17. The molecule has 4 rings (SSSR count). The van der Waals surface area contributed by atoms with E-state index in [9.17, 15) is 14.7 Å². The normalized spacial score (nSPS) is 12.9. The Morgan fingerprint density at radius 3 is 2.82 bits per heavy atom. The maximum Gasteiger partial charge on any atom is 0.274 e. The number of H-pyrrole nitrogens is 1. The number of aromatic nitrogens is 2. The van der Waals surface area contributed by atoms with Crippen LogP contribution in [0.2, 0.25) is 0 Å². The summed E-state index contributed by atoms with van der Waals surface area (Å²) < 4.78 is 5.05. The third-order valence-electron chi connectivity index (χ3n) is 6.00. The number of anilines is 1. The number of hydrogen-bond acceptors (Lipinski definition) is 6. The van der Waals surface area contributed by atoms with Crippen molar-refractivity contribution in [2.24, 2.45) is 0 Å². The maximum atomic E-state index is 13.1. The van der Waals surface area contributed by atoms with Gasteiger partial charge in [-0.3, -0.25) is 14.7 Å². The van der Waals surface area contributed by atoms with Crippen LogP contribution in [-0.4, -0.2) is 47.4 Å². The summed E-state index contributed by atoms with van der Waals surface area (Å²) >= 11 is 1.48. The van der Waals surface area contributed by atoms with E-state index in [1.807, 2.05) is 19.1 Å². The number of methoxy groups -OCH3 is 1. The second-order valence-corrected chi connectivity index (χ2v) is 9.45. The third-order valence-corrected chi connectivity index (χ3v) is 7.21. The Bertz CT molecular complexity index is 1180. The largest absolute Gasteiger partial charge is 0.507 e. The van der Waals surface area contributed by atoms with Crippen LogP contribution in [0, 0.1) is 0 Å². The van der Waals surface area contributed by atoms with Crippen LogP contribution in [0.1, 0.15) is 63.0 Å². The Labute approximate surface area is 202 Å². The number of rotatable bonds is 9. The van der Waals surface area contributed by atoms with E-state index in [2.05, 4.69) is 20.8 Å². The molecule has 1 aromatic carbocycles. The summed E-state index contributed by atoms with van der Waals surface area (Å²) in [5.74, 6) is -0.441. The van der Waals surface area contributed by atoms with E-state index in [1.54, 1.807) is 19.2 Å². The molecule has 2 amide bonds. The second kappa shape index (κ2) is 10.8. The van der Waals surface area contributed by atoms with Gasteiger partial charge >= 0.3 is 0 Å². The summed E-state index contributed by atoms with van der Waals surface area (Å²) in [6.07, 6.45) is 5.42. The van der Waals surface area contributed by atoms with Crippen molar-refractivity contribution in [3.8, 4) is 17.0 Å². The van der Waals surface area contributed by atoms with Crippen LogP contribution in [0.4, 0.5) is 5.00 Å². The number of thiophene rings is 1. The first-order chi connectivity index (χ1) is 16.5. The molecule has 0 spiro atoms. The van der Waals surface area contributed by atoms with Gasteiger partial charge in [0.25, 0.3) is 11.8 Å². The molecule has 0 saturated heterocycles. The zero-order valence-corrected chi connectivity index (χ0v) is 20.3. The first-order valence-electron chi connectivity index (χ1n) is 11.6. The van der Waals surface area contributed by atoms with Gasteiger partial charge in [-0.05, 0) is 67.9 Å². The van der Waals surface area contributed by atoms with E-state index < -0.39 is 0 Å². The molecular formula is C25H30N4O4S. The van der Waals surface area contributed by atoms with Crippen LogP contribution in [0.25, 0.3) is 11.3 Å². The Morgan fingerprint density at radius 1 is 1.21 bits per heavy atom. The average Bonchev–Trinajstić information content (AvgIpc) is 3.47. The predicted molar refractivity (Wildman–Crippen MR) is 133 cm³/mol. The van der Waals surface area contributed by atoms with Crippen molar-refractivity contribution < 1.29 is 19.4 Å². The summed E-state index contributed by atoms with van der Waals surface area (Å²) in [7, 11) is 1.63. The fourth-order valence-electron chi connectivity index (χ4n) is 4.16. The minimum atomic E-state index is -0.378. The van der Waals surface area contributed by atoms with Crippen molar-refractivity contribution in [1.82, 2.24) is 15.5 Å². The molecule has 0 aliphatic heterocycles. The number of benzene rings is 1. The van der Waals surface area contributed by atoms with E-state index in [-0.39, 0.29) is 23.3 Å². The molecule has 1 aliphatic carbocycles. The molecule has 0 fully saturated rings. The van der Waals surface area contributed by atoms with Gasteiger partial charge in [0.1, 0.15) is 16.4 Å². The lowest BCUT2D eigenvalue weighted by Gasteiger charge is -2.13. The Balaban J connectivity index is 1.55. The lowest BCUT2D eigenvalue weighted by molar-refractivity contribution is 0.0948. The Kier molecular flexibility index (Phi) is 7.64. The molecule has 0 bridgehead atoms. The molecule has 3 aromatic rings. The standard InChI is InChI=1S/C25H30N4O4S/c1-3-15-9-10-20(30)17(13-15)18-14-19(29-28-18)23(31)27-25-22(24(32)26-11-6-12-33-2)16-7-4-5-8-21(16)34-25/h9-10,13-14,30H,3-8,11-12H2,1-2H3,(H,26,32)(H,27,31)(H,28,29). The number of nitrogens with zero attached hydrogens (tertiary/aromatic N) is 1. The first kappa shape index (κ1) is 24.0. The first-order valence-corrected chi connectivity index (χ1v) is 12.4. The molecule has 4 N–H and O–H groups in total. The van der Waals surface area contributed by atoms with Gasteiger partial charge in [-0.2, -0.15) is 5.10 Å². The fourth-order valence-corrected chi connectivity index (χ4v) is 5.44. The van der Waals surface area contributed by atoms with Crippen LogP contribution in [0.5, 0.6) is 5.75 Å². The minimum absolute atomic E-state index is 0.106. The summed E-state index contributed by atoms with van der Waals surface area (Å²) in [5, 5.41) is 23.7. The molecule has 8 nitrogen and oxygen atoms in total. The van der Waals surface area contributed by atoms with Crippen LogP contribution >= 0.6 is 11.3 Å². The van der Waals surface area contributed by atoms with Crippen molar-refractivity contribution in [3.63, 3.8) is 0 Å².